The Hall–Kier alpha value is -2.44. The second kappa shape index (κ2) is 4.92. The van der Waals surface area contributed by atoms with Crippen LogP contribution in [0.25, 0.3) is 0 Å². The number of carbonyl (C=O) groups is 1. The van der Waals surface area contributed by atoms with Gasteiger partial charge in [0.1, 0.15) is 0 Å². The molecule has 1 heterocycles. The van der Waals surface area contributed by atoms with E-state index in [0.717, 1.165) is 18.9 Å². The number of halogens is 1. The lowest BCUT2D eigenvalue weighted by Gasteiger charge is -2.05. The molecule has 1 fully saturated rings. The lowest BCUT2D eigenvalue weighted by molar-refractivity contribution is 0.0696. The van der Waals surface area contributed by atoms with Crippen LogP contribution in [0.2, 0.25) is 0 Å². The van der Waals surface area contributed by atoms with Gasteiger partial charge in [0.25, 0.3) is 0 Å². The first-order chi connectivity index (χ1) is 9.63. The highest BCUT2D eigenvalue weighted by Gasteiger charge is 2.29. The first-order valence-corrected chi connectivity index (χ1v) is 6.11. The van der Waals surface area contributed by atoms with Gasteiger partial charge >= 0.3 is 5.97 Å². The number of benzene rings is 1. The van der Waals surface area contributed by atoms with E-state index in [-0.39, 0.29) is 17.9 Å². The van der Waals surface area contributed by atoms with E-state index in [1.165, 1.54) is 12.1 Å². The summed E-state index contributed by atoms with van der Waals surface area (Å²) in [7, 11) is 0. The molecule has 1 N–H and O–H groups in total. The minimum Gasteiger partial charge on any atom is -0.482 e. The quantitative estimate of drug-likeness (QED) is 0.903. The standard InChI is InChI=1S/C13H11FN2O4/c14-9-5-8(13(17)18)3-4-10(9)19-6-11-15-12(20-16-11)7-1-2-7/h3-5,7H,1-2,6H2,(H,17,18). The number of hydrogen-bond acceptors (Lipinski definition) is 5. The third-order valence-corrected chi connectivity index (χ3v) is 2.95. The fourth-order valence-electron chi connectivity index (χ4n) is 1.72. The number of carboxylic acid groups (broad SMARTS) is 1. The molecular formula is C13H11FN2O4. The minimum atomic E-state index is -1.19. The third kappa shape index (κ3) is 2.61. The van der Waals surface area contributed by atoms with Crippen LogP contribution >= 0.6 is 0 Å². The van der Waals surface area contributed by atoms with Crippen LogP contribution in [0.1, 0.15) is 40.8 Å². The predicted octanol–water partition coefficient (Wildman–Crippen LogP) is 2.36. The van der Waals surface area contributed by atoms with E-state index in [0.29, 0.717) is 17.6 Å². The van der Waals surface area contributed by atoms with E-state index in [1.54, 1.807) is 0 Å². The van der Waals surface area contributed by atoms with Crippen LogP contribution in [0.3, 0.4) is 0 Å². The maximum absolute atomic E-state index is 13.6. The number of nitrogens with zero attached hydrogens (tertiary/aromatic N) is 2. The Labute approximate surface area is 113 Å². The molecule has 7 heteroatoms. The Balaban J connectivity index is 1.66. The summed E-state index contributed by atoms with van der Waals surface area (Å²) in [6.07, 6.45) is 2.10. The van der Waals surface area contributed by atoms with Crippen LogP contribution in [0.15, 0.2) is 22.7 Å². The van der Waals surface area contributed by atoms with Crippen molar-refractivity contribution >= 4 is 5.97 Å². The summed E-state index contributed by atoms with van der Waals surface area (Å²) in [4.78, 5) is 14.8. The fraction of sp³-hybridized carbons (Fsp3) is 0.308. The van der Waals surface area contributed by atoms with Crippen molar-refractivity contribution in [1.82, 2.24) is 10.1 Å². The first-order valence-electron chi connectivity index (χ1n) is 6.11. The molecular weight excluding hydrogens is 267 g/mol. The van der Waals surface area contributed by atoms with Crippen LogP contribution in [-0.4, -0.2) is 21.2 Å². The van der Waals surface area contributed by atoms with Crippen molar-refractivity contribution in [2.75, 3.05) is 0 Å². The molecule has 0 radical (unpaired) electrons. The van der Waals surface area contributed by atoms with Gasteiger partial charge in [0.15, 0.2) is 18.2 Å². The maximum Gasteiger partial charge on any atom is 0.335 e. The summed E-state index contributed by atoms with van der Waals surface area (Å²) in [5, 5.41) is 12.5. The van der Waals surface area contributed by atoms with Crippen molar-refractivity contribution in [1.29, 1.82) is 0 Å². The van der Waals surface area contributed by atoms with Crippen molar-refractivity contribution in [2.24, 2.45) is 0 Å². The van der Waals surface area contributed by atoms with Crippen LogP contribution in [0, 0.1) is 5.82 Å². The van der Waals surface area contributed by atoms with E-state index in [9.17, 15) is 9.18 Å². The van der Waals surface area contributed by atoms with Gasteiger partial charge in [0.2, 0.25) is 11.7 Å². The van der Waals surface area contributed by atoms with E-state index < -0.39 is 11.8 Å². The molecule has 0 bridgehead atoms. The Morgan fingerprint density at radius 1 is 1.50 bits per heavy atom. The average molecular weight is 278 g/mol. The van der Waals surface area contributed by atoms with Gasteiger partial charge in [-0.3, -0.25) is 0 Å². The van der Waals surface area contributed by atoms with Gasteiger partial charge in [-0.05, 0) is 31.0 Å². The van der Waals surface area contributed by atoms with E-state index >= 15 is 0 Å². The molecule has 3 rings (SSSR count). The number of aromatic carboxylic acids is 1. The molecule has 1 aromatic heterocycles. The van der Waals surface area contributed by atoms with Gasteiger partial charge in [0, 0.05) is 5.92 Å². The molecule has 1 aliphatic carbocycles. The molecule has 0 unspecified atom stereocenters. The molecule has 1 saturated carbocycles. The summed E-state index contributed by atoms with van der Waals surface area (Å²) >= 11 is 0. The zero-order chi connectivity index (χ0) is 14.1. The van der Waals surface area contributed by atoms with Crippen LogP contribution < -0.4 is 4.74 Å². The monoisotopic (exact) mass is 278 g/mol. The molecule has 0 saturated heterocycles. The van der Waals surface area contributed by atoms with Crippen LogP contribution in [0.4, 0.5) is 4.39 Å². The highest BCUT2D eigenvalue weighted by atomic mass is 19.1. The normalized spacial score (nSPS) is 14.2. The van der Waals surface area contributed by atoms with Crippen molar-refractivity contribution < 1.29 is 23.6 Å². The van der Waals surface area contributed by atoms with Gasteiger partial charge in [-0.25, -0.2) is 9.18 Å². The molecule has 2 aromatic rings. The van der Waals surface area contributed by atoms with E-state index in [4.69, 9.17) is 14.4 Å². The number of ether oxygens (including phenoxy) is 1. The highest BCUT2D eigenvalue weighted by Crippen LogP contribution is 2.38. The molecule has 0 aliphatic heterocycles. The molecule has 1 aliphatic rings. The second-order valence-corrected chi connectivity index (χ2v) is 4.56. The van der Waals surface area contributed by atoms with Crippen LogP contribution in [-0.2, 0) is 6.61 Å². The van der Waals surface area contributed by atoms with Gasteiger partial charge in [-0.2, -0.15) is 4.98 Å². The molecule has 104 valence electrons. The fourth-order valence-corrected chi connectivity index (χ4v) is 1.72. The average Bonchev–Trinajstić information content (AvgIpc) is 3.17. The molecule has 0 atom stereocenters. The summed E-state index contributed by atoms with van der Waals surface area (Å²) in [5.74, 6) is -0.701. The summed E-state index contributed by atoms with van der Waals surface area (Å²) < 4.78 is 23.9. The van der Waals surface area contributed by atoms with Crippen molar-refractivity contribution in [3.05, 3.63) is 41.3 Å². The van der Waals surface area contributed by atoms with Crippen molar-refractivity contribution in [3.8, 4) is 5.75 Å². The summed E-state index contributed by atoms with van der Waals surface area (Å²) in [6.45, 7) is -0.0282. The molecule has 20 heavy (non-hydrogen) atoms. The second-order valence-electron chi connectivity index (χ2n) is 4.56. The zero-order valence-corrected chi connectivity index (χ0v) is 10.4. The van der Waals surface area contributed by atoms with Crippen molar-refractivity contribution in [2.45, 2.75) is 25.4 Å². The Morgan fingerprint density at radius 3 is 2.95 bits per heavy atom. The zero-order valence-electron chi connectivity index (χ0n) is 10.4. The third-order valence-electron chi connectivity index (χ3n) is 2.95. The first kappa shape index (κ1) is 12.6. The molecule has 0 amide bonds. The lowest BCUT2D eigenvalue weighted by Crippen LogP contribution is -2.02. The van der Waals surface area contributed by atoms with E-state index in [1.807, 2.05) is 0 Å². The van der Waals surface area contributed by atoms with Gasteiger partial charge in [-0.1, -0.05) is 5.16 Å². The van der Waals surface area contributed by atoms with Gasteiger partial charge < -0.3 is 14.4 Å². The largest absolute Gasteiger partial charge is 0.482 e. The number of aromatic nitrogens is 2. The number of hydrogen-bond donors (Lipinski definition) is 1. The SMILES string of the molecule is O=C(O)c1ccc(OCc2noc(C3CC3)n2)c(F)c1. The number of rotatable bonds is 5. The molecule has 6 nitrogen and oxygen atoms in total. The predicted molar refractivity (Wildman–Crippen MR) is 64.0 cm³/mol. The summed E-state index contributed by atoms with van der Waals surface area (Å²) in [6, 6.07) is 3.44. The maximum atomic E-state index is 13.6. The molecule has 0 spiro atoms. The minimum absolute atomic E-state index is 0.0282. The highest BCUT2D eigenvalue weighted by molar-refractivity contribution is 5.87. The molecule has 1 aromatic carbocycles. The van der Waals surface area contributed by atoms with Crippen molar-refractivity contribution in [3.63, 3.8) is 0 Å². The van der Waals surface area contributed by atoms with Crippen LogP contribution in [0.5, 0.6) is 5.75 Å². The lowest BCUT2D eigenvalue weighted by atomic mass is 10.2. The smallest absolute Gasteiger partial charge is 0.335 e. The topological polar surface area (TPSA) is 85.5 Å². The Bertz CT molecular complexity index is 652. The number of carboxylic acids is 1. The van der Waals surface area contributed by atoms with E-state index in [2.05, 4.69) is 10.1 Å². The van der Waals surface area contributed by atoms with Gasteiger partial charge in [0.05, 0.1) is 5.56 Å². The van der Waals surface area contributed by atoms with Gasteiger partial charge in [-0.15, -0.1) is 0 Å². The Kier molecular flexibility index (Phi) is 3.09. The summed E-state index contributed by atoms with van der Waals surface area (Å²) in [5.41, 5.74) is -0.134. The Morgan fingerprint density at radius 2 is 2.30 bits per heavy atom.